The van der Waals surface area contributed by atoms with E-state index in [0.29, 0.717) is 18.6 Å². The first-order valence-corrected chi connectivity index (χ1v) is 10.6. The summed E-state index contributed by atoms with van der Waals surface area (Å²) in [6.07, 6.45) is 6.40. The Morgan fingerprint density at radius 2 is 1.92 bits per heavy atom. The van der Waals surface area contributed by atoms with Gasteiger partial charge in [0.05, 0.1) is 17.5 Å². The van der Waals surface area contributed by atoms with E-state index in [9.17, 15) is 18.0 Å². The van der Waals surface area contributed by atoms with Crippen molar-refractivity contribution >= 4 is 27.4 Å². The smallest absolute Gasteiger partial charge is 0.270 e. The molecule has 132 valence electrons. The van der Waals surface area contributed by atoms with Gasteiger partial charge >= 0.3 is 0 Å². The topological polar surface area (TPSA) is 87.1 Å². The molecule has 3 heterocycles. The second-order valence-corrected chi connectivity index (χ2v) is 9.71. The van der Waals surface area contributed by atoms with Gasteiger partial charge in [-0.3, -0.25) is 9.59 Å². The van der Waals surface area contributed by atoms with Gasteiger partial charge in [-0.2, -0.15) is 5.10 Å². The predicted molar refractivity (Wildman–Crippen MR) is 88.1 cm³/mol. The Morgan fingerprint density at radius 3 is 2.54 bits per heavy atom. The SMILES string of the molecule is O=C1CCC(C(=O)N2CCCC23CCC3)=NN1C1CCS(=O)(=O)C1. The Hall–Kier alpha value is -1.44. The third-order valence-electron chi connectivity index (χ3n) is 5.99. The van der Waals surface area contributed by atoms with Gasteiger partial charge in [-0.05, 0) is 38.5 Å². The highest BCUT2D eigenvalue weighted by Crippen LogP contribution is 2.45. The number of sulfone groups is 1. The van der Waals surface area contributed by atoms with Crippen LogP contribution in [0.3, 0.4) is 0 Å². The molecule has 0 N–H and O–H groups in total. The average Bonchev–Trinajstić information content (AvgIpc) is 3.10. The fourth-order valence-corrected chi connectivity index (χ4v) is 6.19. The maximum absolute atomic E-state index is 12.9. The number of hydrogen-bond donors (Lipinski definition) is 0. The minimum Gasteiger partial charge on any atom is -0.332 e. The van der Waals surface area contributed by atoms with Crippen molar-refractivity contribution in [1.29, 1.82) is 0 Å². The summed E-state index contributed by atoms with van der Waals surface area (Å²) in [5.74, 6) is -0.175. The Labute approximate surface area is 142 Å². The van der Waals surface area contributed by atoms with Crippen molar-refractivity contribution in [1.82, 2.24) is 9.91 Å². The highest BCUT2D eigenvalue weighted by Gasteiger charge is 2.49. The molecule has 0 aromatic carbocycles. The lowest BCUT2D eigenvalue weighted by Gasteiger charge is -2.46. The number of nitrogens with zero attached hydrogens (tertiary/aromatic N) is 3. The summed E-state index contributed by atoms with van der Waals surface area (Å²) in [5, 5.41) is 5.61. The van der Waals surface area contributed by atoms with E-state index in [2.05, 4.69) is 5.10 Å². The Morgan fingerprint density at radius 1 is 1.17 bits per heavy atom. The molecule has 3 fully saturated rings. The van der Waals surface area contributed by atoms with Gasteiger partial charge in [-0.25, -0.2) is 13.4 Å². The largest absolute Gasteiger partial charge is 0.332 e. The van der Waals surface area contributed by atoms with E-state index in [4.69, 9.17) is 0 Å². The van der Waals surface area contributed by atoms with Crippen LogP contribution in [-0.2, 0) is 19.4 Å². The van der Waals surface area contributed by atoms with Gasteiger partial charge in [-0.15, -0.1) is 0 Å². The molecule has 2 amide bonds. The normalized spacial score (nSPS) is 31.2. The Bertz CT molecular complexity index is 711. The second kappa shape index (κ2) is 5.54. The Balaban J connectivity index is 1.55. The number of likely N-dealkylation sites (tertiary alicyclic amines) is 1. The van der Waals surface area contributed by atoms with E-state index < -0.39 is 15.9 Å². The molecule has 2 saturated heterocycles. The zero-order valence-corrected chi connectivity index (χ0v) is 14.6. The number of carbonyl (C=O) groups excluding carboxylic acids is 2. The molecule has 4 rings (SSSR count). The van der Waals surface area contributed by atoms with Crippen LogP contribution >= 0.6 is 0 Å². The minimum atomic E-state index is -3.09. The molecule has 7 nitrogen and oxygen atoms in total. The van der Waals surface area contributed by atoms with Gasteiger partial charge in [0.25, 0.3) is 5.91 Å². The van der Waals surface area contributed by atoms with Crippen LogP contribution in [0.15, 0.2) is 5.10 Å². The van der Waals surface area contributed by atoms with Gasteiger partial charge in [0, 0.05) is 24.9 Å². The van der Waals surface area contributed by atoms with Crippen LogP contribution in [0.1, 0.15) is 51.4 Å². The summed E-state index contributed by atoms with van der Waals surface area (Å²) in [6, 6.07) is -0.415. The van der Waals surface area contributed by atoms with Crippen molar-refractivity contribution in [2.24, 2.45) is 5.10 Å². The van der Waals surface area contributed by atoms with Crippen molar-refractivity contribution in [3.63, 3.8) is 0 Å². The molecule has 1 spiro atoms. The first kappa shape index (κ1) is 16.1. The monoisotopic (exact) mass is 353 g/mol. The lowest BCUT2D eigenvalue weighted by molar-refractivity contribution is -0.134. The summed E-state index contributed by atoms with van der Waals surface area (Å²) in [5.41, 5.74) is 0.454. The van der Waals surface area contributed by atoms with Crippen LogP contribution in [0.5, 0.6) is 0 Å². The van der Waals surface area contributed by atoms with Crippen LogP contribution < -0.4 is 0 Å². The molecule has 1 unspecified atom stereocenters. The molecule has 3 aliphatic heterocycles. The summed E-state index contributed by atoms with van der Waals surface area (Å²) in [6.45, 7) is 0.767. The van der Waals surface area contributed by atoms with E-state index >= 15 is 0 Å². The van der Waals surface area contributed by atoms with E-state index in [-0.39, 0.29) is 35.3 Å². The zero-order valence-electron chi connectivity index (χ0n) is 13.7. The quantitative estimate of drug-likeness (QED) is 0.731. The van der Waals surface area contributed by atoms with Crippen molar-refractivity contribution in [3.8, 4) is 0 Å². The number of hydrogen-bond acceptors (Lipinski definition) is 5. The molecule has 1 saturated carbocycles. The zero-order chi connectivity index (χ0) is 16.9. The van der Waals surface area contributed by atoms with Crippen LogP contribution in [0.25, 0.3) is 0 Å². The maximum atomic E-state index is 12.9. The lowest BCUT2D eigenvalue weighted by Crippen LogP contribution is -2.55. The first-order valence-electron chi connectivity index (χ1n) is 8.82. The van der Waals surface area contributed by atoms with Crippen LogP contribution in [0.4, 0.5) is 0 Å². The van der Waals surface area contributed by atoms with Crippen LogP contribution in [0.2, 0.25) is 0 Å². The van der Waals surface area contributed by atoms with Gasteiger partial charge in [0.2, 0.25) is 5.91 Å². The van der Waals surface area contributed by atoms with E-state index in [0.717, 1.165) is 32.2 Å². The molecule has 1 atom stereocenters. The maximum Gasteiger partial charge on any atom is 0.270 e. The molecule has 0 bridgehead atoms. The minimum absolute atomic E-state index is 0.0303. The van der Waals surface area contributed by atoms with Crippen molar-refractivity contribution in [2.75, 3.05) is 18.1 Å². The second-order valence-electron chi connectivity index (χ2n) is 7.48. The highest BCUT2D eigenvalue weighted by molar-refractivity contribution is 7.91. The summed E-state index contributed by atoms with van der Waals surface area (Å²) in [7, 11) is -3.09. The van der Waals surface area contributed by atoms with Crippen molar-refractivity contribution < 1.29 is 18.0 Å². The predicted octanol–water partition coefficient (Wildman–Crippen LogP) is 0.697. The average molecular weight is 353 g/mol. The summed E-state index contributed by atoms with van der Waals surface area (Å²) >= 11 is 0. The third kappa shape index (κ3) is 2.55. The molecule has 0 aromatic rings. The summed E-state index contributed by atoms with van der Waals surface area (Å²) < 4.78 is 23.4. The van der Waals surface area contributed by atoms with Gasteiger partial charge in [0.15, 0.2) is 9.84 Å². The molecular weight excluding hydrogens is 330 g/mol. The number of amides is 2. The number of rotatable bonds is 2. The Kier molecular flexibility index (Phi) is 3.71. The van der Waals surface area contributed by atoms with Crippen molar-refractivity contribution in [2.45, 2.75) is 62.9 Å². The van der Waals surface area contributed by atoms with Gasteiger partial charge < -0.3 is 4.90 Å². The van der Waals surface area contributed by atoms with Crippen molar-refractivity contribution in [3.05, 3.63) is 0 Å². The number of hydrazone groups is 1. The molecule has 1 aliphatic carbocycles. The summed E-state index contributed by atoms with van der Waals surface area (Å²) in [4.78, 5) is 27.1. The van der Waals surface area contributed by atoms with E-state index in [1.807, 2.05) is 4.90 Å². The molecule has 0 aromatic heterocycles. The van der Waals surface area contributed by atoms with Crippen LogP contribution in [-0.4, -0.2) is 65.5 Å². The van der Waals surface area contributed by atoms with Crippen LogP contribution in [0, 0.1) is 0 Å². The third-order valence-corrected chi connectivity index (χ3v) is 7.74. The molecule has 4 aliphatic rings. The fraction of sp³-hybridized carbons (Fsp3) is 0.812. The lowest BCUT2D eigenvalue weighted by atomic mass is 9.74. The molecule has 0 radical (unpaired) electrons. The molecule has 8 heteroatoms. The van der Waals surface area contributed by atoms with Gasteiger partial charge in [0.1, 0.15) is 5.71 Å². The van der Waals surface area contributed by atoms with Gasteiger partial charge in [-0.1, -0.05) is 0 Å². The van der Waals surface area contributed by atoms with E-state index in [1.165, 1.54) is 11.4 Å². The fourth-order valence-electron chi connectivity index (χ4n) is 4.49. The van der Waals surface area contributed by atoms with E-state index in [1.54, 1.807) is 0 Å². The first-order chi connectivity index (χ1) is 11.4. The molecular formula is C16H23N3O4S. The standard InChI is InChI=1S/C16H23N3O4S/c20-14-4-3-13(17-19(14)12-5-10-24(22,23)11-12)15(21)18-9-2-8-16(18)6-1-7-16/h12H,1-11H2. The highest BCUT2D eigenvalue weighted by atomic mass is 32.2. The molecule has 24 heavy (non-hydrogen) atoms. The number of carbonyl (C=O) groups is 2.